The summed E-state index contributed by atoms with van der Waals surface area (Å²) in [5.74, 6) is -1.43. The van der Waals surface area contributed by atoms with Crippen LogP contribution >= 0.6 is 11.6 Å². The Hall–Kier alpha value is -3.00. The minimum Gasteiger partial charge on any atom is -0.468 e. The van der Waals surface area contributed by atoms with Crippen LogP contribution in [0.15, 0.2) is 29.3 Å². The average Bonchev–Trinajstić information content (AvgIpc) is 2.73. The molecule has 8 nitrogen and oxygen atoms in total. The summed E-state index contributed by atoms with van der Waals surface area (Å²) < 4.78 is 5.04. The Morgan fingerprint density at radius 2 is 2.17 bits per heavy atom. The van der Waals surface area contributed by atoms with E-state index in [1.165, 1.54) is 19.2 Å². The highest BCUT2D eigenvalue weighted by Crippen LogP contribution is 2.49. The second kappa shape index (κ2) is 7.68. The molecule has 9 heteroatoms. The molecule has 2 aromatic rings. The van der Waals surface area contributed by atoms with Gasteiger partial charge in [-0.05, 0) is 37.3 Å². The zero-order valence-electron chi connectivity index (χ0n) is 16.6. The second-order valence-electron chi connectivity index (χ2n) is 7.57. The quantitative estimate of drug-likeness (QED) is 0.338. The Balaban J connectivity index is 1.99. The van der Waals surface area contributed by atoms with E-state index in [-0.39, 0.29) is 11.1 Å². The number of nitrogens with two attached hydrogens (primary N) is 1. The van der Waals surface area contributed by atoms with E-state index in [1.54, 1.807) is 19.1 Å². The molecular weight excluding hydrogens is 408 g/mol. The minimum absolute atomic E-state index is 0.0665. The predicted molar refractivity (Wildman–Crippen MR) is 113 cm³/mol. The first-order chi connectivity index (χ1) is 14.3. The molecular formula is C21H21ClN4O4. The van der Waals surface area contributed by atoms with E-state index in [0.717, 1.165) is 30.5 Å². The number of carbonyl (C=O) groups excluding carboxylic acids is 1. The fraction of sp³-hybridized carbons (Fsp3) is 0.381. The van der Waals surface area contributed by atoms with Gasteiger partial charge in [0.1, 0.15) is 5.92 Å². The highest BCUT2D eigenvalue weighted by molar-refractivity contribution is 6.21. The summed E-state index contributed by atoms with van der Waals surface area (Å²) in [5.41, 5.74) is 10.3. The molecule has 156 valence electrons. The Labute approximate surface area is 178 Å². The Bertz CT molecular complexity index is 1080. The van der Waals surface area contributed by atoms with E-state index in [1.807, 2.05) is 0 Å². The third kappa shape index (κ3) is 3.21. The van der Waals surface area contributed by atoms with Crippen LogP contribution < -0.4 is 5.73 Å². The van der Waals surface area contributed by atoms with Crippen LogP contribution in [-0.4, -0.2) is 28.7 Å². The molecule has 0 radical (unpaired) electrons. The van der Waals surface area contributed by atoms with E-state index in [0.29, 0.717) is 28.3 Å². The monoisotopic (exact) mass is 428 g/mol. The van der Waals surface area contributed by atoms with Crippen LogP contribution in [-0.2, 0) is 16.0 Å². The molecule has 2 heterocycles. The van der Waals surface area contributed by atoms with Crippen molar-refractivity contribution >= 4 is 40.5 Å². The number of non-ortho nitro benzene ring substituents is 1. The molecule has 1 aromatic carbocycles. The number of anilines is 1. The number of carbonyl (C=O) groups is 1. The van der Waals surface area contributed by atoms with Gasteiger partial charge in [0, 0.05) is 35.0 Å². The number of nitrogens with zero attached hydrogens (tertiary/aromatic N) is 3. The smallest absolute Gasteiger partial charge is 0.315 e. The summed E-state index contributed by atoms with van der Waals surface area (Å²) in [6.07, 6.45) is 2.43. The van der Waals surface area contributed by atoms with Crippen molar-refractivity contribution < 1.29 is 14.5 Å². The largest absolute Gasteiger partial charge is 0.468 e. The van der Waals surface area contributed by atoms with Gasteiger partial charge in [-0.1, -0.05) is 12.1 Å². The zero-order valence-corrected chi connectivity index (χ0v) is 17.3. The number of hydrogen-bond donors (Lipinski definition) is 1. The van der Waals surface area contributed by atoms with Crippen molar-refractivity contribution in [2.45, 2.75) is 37.5 Å². The molecule has 0 fully saturated rings. The van der Waals surface area contributed by atoms with E-state index in [4.69, 9.17) is 27.1 Å². The first-order valence-corrected chi connectivity index (χ1v) is 10.1. The number of pyridine rings is 1. The molecule has 3 unspecified atom stereocenters. The number of nitro benzene ring substituents is 1. The Kier molecular flexibility index (Phi) is 5.19. The average molecular weight is 429 g/mol. The molecule has 0 amide bonds. The number of methoxy groups -OCH3 is 1. The van der Waals surface area contributed by atoms with Crippen LogP contribution in [0.5, 0.6) is 0 Å². The molecule has 0 spiro atoms. The van der Waals surface area contributed by atoms with E-state index in [2.05, 4.69) is 4.99 Å². The molecule has 4 rings (SSSR count). The van der Waals surface area contributed by atoms with Crippen molar-refractivity contribution in [2.75, 3.05) is 12.8 Å². The second-order valence-corrected chi connectivity index (χ2v) is 8.10. The first kappa shape index (κ1) is 20.3. The van der Waals surface area contributed by atoms with Crippen molar-refractivity contribution in [3.05, 3.63) is 56.8 Å². The summed E-state index contributed by atoms with van der Waals surface area (Å²) in [6, 6.07) is 6.22. The first-order valence-electron chi connectivity index (χ1n) is 9.67. The normalized spacial score (nSPS) is 22.5. The predicted octanol–water partition coefficient (Wildman–Crippen LogP) is 4.22. The number of nitrogen functional groups attached to an aromatic ring is 1. The maximum Gasteiger partial charge on any atom is 0.315 e. The third-order valence-electron chi connectivity index (χ3n) is 5.84. The van der Waals surface area contributed by atoms with Crippen LogP contribution in [0.25, 0.3) is 0 Å². The van der Waals surface area contributed by atoms with Crippen LogP contribution in [0.3, 0.4) is 0 Å². The number of hydrogen-bond acceptors (Lipinski definition) is 7. The van der Waals surface area contributed by atoms with Crippen LogP contribution in [0.2, 0.25) is 0 Å². The molecule has 30 heavy (non-hydrogen) atoms. The maximum atomic E-state index is 12.7. The van der Waals surface area contributed by atoms with Gasteiger partial charge in [0.25, 0.3) is 5.69 Å². The van der Waals surface area contributed by atoms with Crippen LogP contribution in [0.4, 0.5) is 17.2 Å². The third-order valence-corrected chi connectivity index (χ3v) is 6.27. The summed E-state index contributed by atoms with van der Waals surface area (Å²) in [5, 5.41) is 11.1. The SMILES string of the molecule is COC(=O)C1C(C)=Nc2nc3c(c(N)c2C1c1cccc([N+](=O)[O-])c1)CCCC3Cl. The number of nitro groups is 1. The zero-order chi connectivity index (χ0) is 21.6. The lowest BCUT2D eigenvalue weighted by atomic mass is 9.75. The summed E-state index contributed by atoms with van der Waals surface area (Å²) in [4.78, 5) is 32.9. The number of aromatic nitrogens is 1. The van der Waals surface area contributed by atoms with Crippen molar-refractivity contribution in [1.29, 1.82) is 0 Å². The topological polar surface area (TPSA) is 121 Å². The molecule has 1 aromatic heterocycles. The van der Waals surface area contributed by atoms with Crippen LogP contribution in [0.1, 0.15) is 53.4 Å². The summed E-state index contributed by atoms with van der Waals surface area (Å²) in [7, 11) is 1.31. The minimum atomic E-state index is -0.762. The highest BCUT2D eigenvalue weighted by Gasteiger charge is 2.42. The summed E-state index contributed by atoms with van der Waals surface area (Å²) >= 11 is 6.49. The van der Waals surface area contributed by atoms with Crippen molar-refractivity contribution in [3.8, 4) is 0 Å². The lowest BCUT2D eigenvalue weighted by molar-refractivity contribution is -0.384. The number of ether oxygens (including phenoxy) is 1. The fourth-order valence-electron chi connectivity index (χ4n) is 4.44. The number of halogens is 1. The molecule has 2 aliphatic rings. The maximum absolute atomic E-state index is 12.7. The van der Waals surface area contributed by atoms with Crippen LogP contribution in [0, 0.1) is 16.0 Å². The van der Waals surface area contributed by atoms with E-state index in [9.17, 15) is 14.9 Å². The number of alkyl halides is 1. The highest BCUT2D eigenvalue weighted by atomic mass is 35.5. The number of fused-ring (bicyclic) bond motifs is 2. The lowest BCUT2D eigenvalue weighted by Gasteiger charge is -2.33. The fourth-order valence-corrected chi connectivity index (χ4v) is 4.78. The van der Waals surface area contributed by atoms with Gasteiger partial charge in [0.2, 0.25) is 0 Å². The van der Waals surface area contributed by atoms with Gasteiger partial charge < -0.3 is 10.5 Å². The standard InChI is InChI=1S/C21H21ClN4O4/c1-10-15(21(27)30-2)16(11-5-3-6-12(9-11)26(28)29)17-18(23)13-7-4-8-14(22)19(13)25-20(17)24-10/h3,5-6,9,14-16H,4,7-8H2,1-2H3,(H2,23,25). The Morgan fingerprint density at radius 3 is 2.87 bits per heavy atom. The molecule has 0 bridgehead atoms. The van der Waals surface area contributed by atoms with Gasteiger partial charge in [0.15, 0.2) is 5.82 Å². The van der Waals surface area contributed by atoms with Gasteiger partial charge in [-0.15, -0.1) is 11.6 Å². The van der Waals surface area contributed by atoms with Crippen molar-refractivity contribution in [3.63, 3.8) is 0 Å². The summed E-state index contributed by atoms with van der Waals surface area (Å²) in [6.45, 7) is 1.73. The van der Waals surface area contributed by atoms with Crippen molar-refractivity contribution in [1.82, 2.24) is 4.98 Å². The number of benzene rings is 1. The molecule has 0 saturated carbocycles. The molecule has 3 atom stereocenters. The molecule has 2 N–H and O–H groups in total. The Morgan fingerprint density at radius 1 is 1.40 bits per heavy atom. The van der Waals surface area contributed by atoms with Crippen molar-refractivity contribution in [2.24, 2.45) is 10.9 Å². The van der Waals surface area contributed by atoms with Gasteiger partial charge in [-0.2, -0.15) is 0 Å². The van der Waals surface area contributed by atoms with Gasteiger partial charge in [-0.25, -0.2) is 9.98 Å². The van der Waals surface area contributed by atoms with Gasteiger partial charge in [-0.3, -0.25) is 14.9 Å². The van der Waals surface area contributed by atoms with Gasteiger partial charge >= 0.3 is 5.97 Å². The van der Waals surface area contributed by atoms with E-state index >= 15 is 0 Å². The number of aliphatic imine (C=N–C) groups is 1. The number of rotatable bonds is 3. The lowest BCUT2D eigenvalue weighted by Crippen LogP contribution is -2.34. The molecule has 0 saturated heterocycles. The molecule has 1 aliphatic carbocycles. The molecule has 1 aliphatic heterocycles. The van der Waals surface area contributed by atoms with Gasteiger partial charge in [0.05, 0.1) is 23.1 Å². The number of esters is 1. The van der Waals surface area contributed by atoms with E-state index < -0.39 is 22.7 Å².